The summed E-state index contributed by atoms with van der Waals surface area (Å²) < 4.78 is 5.06. The molecule has 1 aromatic heterocycles. The third-order valence-corrected chi connectivity index (χ3v) is 4.07. The number of hydrogen-bond donors (Lipinski definition) is 1. The molecule has 1 aromatic carbocycles. The summed E-state index contributed by atoms with van der Waals surface area (Å²) in [4.78, 5) is 2.20. The van der Waals surface area contributed by atoms with Gasteiger partial charge >= 0.3 is 0 Å². The average Bonchev–Trinajstić information content (AvgIpc) is 2.92. The molecule has 20 heavy (non-hydrogen) atoms. The van der Waals surface area contributed by atoms with Crippen molar-refractivity contribution in [1.29, 1.82) is 0 Å². The van der Waals surface area contributed by atoms with Crippen molar-refractivity contribution in [2.45, 2.75) is 19.0 Å². The van der Waals surface area contributed by atoms with Crippen molar-refractivity contribution in [3.63, 3.8) is 0 Å². The Hall–Kier alpha value is -1.00. The zero-order valence-electron chi connectivity index (χ0n) is 11.4. The maximum Gasteiger partial charge on any atom is 0.0947 e. The van der Waals surface area contributed by atoms with Crippen LogP contribution >= 0.6 is 23.2 Å². The van der Waals surface area contributed by atoms with Gasteiger partial charge in [-0.05, 0) is 37.7 Å². The van der Waals surface area contributed by atoms with Gasteiger partial charge in [-0.25, -0.2) is 0 Å². The molecule has 1 heterocycles. The third kappa shape index (κ3) is 4.00. The van der Waals surface area contributed by atoms with Gasteiger partial charge in [-0.15, -0.1) is 0 Å². The van der Waals surface area contributed by atoms with Gasteiger partial charge in [0.25, 0.3) is 0 Å². The van der Waals surface area contributed by atoms with Crippen LogP contribution in [0.2, 0.25) is 10.0 Å². The van der Waals surface area contributed by atoms with Gasteiger partial charge in [0.15, 0.2) is 0 Å². The number of rotatable bonds is 6. The molecular formula is C15H18Cl2N2O. The molecule has 0 amide bonds. The number of halogens is 2. The van der Waals surface area contributed by atoms with Gasteiger partial charge in [0, 0.05) is 18.2 Å². The molecule has 0 fully saturated rings. The van der Waals surface area contributed by atoms with Crippen LogP contribution in [0.15, 0.2) is 41.2 Å². The minimum absolute atomic E-state index is 0.118. The van der Waals surface area contributed by atoms with Crippen LogP contribution in [0, 0.1) is 0 Å². The molecule has 0 aliphatic heterocycles. The van der Waals surface area contributed by atoms with Crippen molar-refractivity contribution in [1.82, 2.24) is 4.90 Å². The highest BCUT2D eigenvalue weighted by Gasteiger charge is 2.13. The lowest BCUT2D eigenvalue weighted by Crippen LogP contribution is -2.23. The van der Waals surface area contributed by atoms with Crippen LogP contribution in [0.5, 0.6) is 0 Å². The summed E-state index contributed by atoms with van der Waals surface area (Å²) in [5, 5.41) is 1.10. The van der Waals surface area contributed by atoms with E-state index in [1.54, 1.807) is 18.6 Å². The Bertz CT molecular complexity index is 543. The van der Waals surface area contributed by atoms with Gasteiger partial charge in [0.05, 0.1) is 22.6 Å². The molecule has 0 radical (unpaired) electrons. The molecule has 0 bridgehead atoms. The Morgan fingerprint density at radius 3 is 2.80 bits per heavy atom. The van der Waals surface area contributed by atoms with E-state index < -0.39 is 0 Å². The lowest BCUT2D eigenvalue weighted by Gasteiger charge is -2.19. The standard InChI is InChI=1S/C15H18Cl2N2O/c1-19(9-11-6-8-20-10-11)7-5-14(18)12-3-2-4-13(16)15(12)17/h2-4,6,8,10,14H,5,7,9,18H2,1H3. The maximum atomic E-state index is 6.20. The van der Waals surface area contributed by atoms with Gasteiger partial charge < -0.3 is 15.1 Å². The quantitative estimate of drug-likeness (QED) is 0.873. The first kappa shape index (κ1) is 15.4. The Morgan fingerprint density at radius 1 is 1.30 bits per heavy atom. The van der Waals surface area contributed by atoms with Gasteiger partial charge in [-0.1, -0.05) is 35.3 Å². The zero-order chi connectivity index (χ0) is 14.5. The highest BCUT2D eigenvalue weighted by molar-refractivity contribution is 6.42. The van der Waals surface area contributed by atoms with E-state index in [2.05, 4.69) is 11.9 Å². The first-order valence-electron chi connectivity index (χ1n) is 6.47. The minimum atomic E-state index is -0.118. The molecule has 1 unspecified atom stereocenters. The Labute approximate surface area is 129 Å². The molecule has 0 saturated carbocycles. The summed E-state index contributed by atoms with van der Waals surface area (Å²) in [6, 6.07) is 7.41. The lowest BCUT2D eigenvalue weighted by molar-refractivity contribution is 0.310. The minimum Gasteiger partial charge on any atom is -0.472 e. The second-order valence-electron chi connectivity index (χ2n) is 4.91. The van der Waals surface area contributed by atoms with Crippen LogP contribution in [0.4, 0.5) is 0 Å². The lowest BCUT2D eigenvalue weighted by atomic mass is 10.0. The summed E-state index contributed by atoms with van der Waals surface area (Å²) in [5.74, 6) is 0. The number of nitrogens with two attached hydrogens (primary N) is 1. The molecular weight excluding hydrogens is 295 g/mol. The van der Waals surface area contributed by atoms with Crippen LogP contribution in [0.1, 0.15) is 23.6 Å². The highest BCUT2D eigenvalue weighted by atomic mass is 35.5. The summed E-state index contributed by atoms with van der Waals surface area (Å²) in [6.07, 6.45) is 4.25. The molecule has 0 aliphatic carbocycles. The maximum absolute atomic E-state index is 6.20. The summed E-state index contributed by atoms with van der Waals surface area (Å²) >= 11 is 12.2. The largest absolute Gasteiger partial charge is 0.472 e. The average molecular weight is 313 g/mol. The molecule has 0 saturated heterocycles. The van der Waals surface area contributed by atoms with Gasteiger partial charge in [0.1, 0.15) is 0 Å². The molecule has 2 N–H and O–H groups in total. The number of furan rings is 1. The van der Waals surface area contributed by atoms with E-state index in [1.165, 1.54) is 0 Å². The van der Waals surface area contributed by atoms with Crippen LogP contribution in [0.3, 0.4) is 0 Å². The fourth-order valence-corrected chi connectivity index (χ4v) is 2.54. The fourth-order valence-electron chi connectivity index (χ4n) is 2.10. The van der Waals surface area contributed by atoms with Crippen molar-refractivity contribution in [3.8, 4) is 0 Å². The van der Waals surface area contributed by atoms with E-state index in [0.29, 0.717) is 10.0 Å². The Kier molecular flexibility index (Phi) is 5.49. The van der Waals surface area contributed by atoms with Crippen LogP contribution in [-0.4, -0.2) is 18.5 Å². The second-order valence-corrected chi connectivity index (χ2v) is 5.69. The van der Waals surface area contributed by atoms with Crippen molar-refractivity contribution in [2.24, 2.45) is 5.73 Å². The van der Waals surface area contributed by atoms with E-state index >= 15 is 0 Å². The Balaban J connectivity index is 1.88. The molecule has 2 aromatic rings. The molecule has 3 nitrogen and oxygen atoms in total. The summed E-state index contributed by atoms with van der Waals surface area (Å²) in [6.45, 7) is 1.71. The Morgan fingerprint density at radius 2 is 2.10 bits per heavy atom. The van der Waals surface area contributed by atoms with E-state index in [9.17, 15) is 0 Å². The fraction of sp³-hybridized carbons (Fsp3) is 0.333. The highest BCUT2D eigenvalue weighted by Crippen LogP contribution is 2.30. The zero-order valence-corrected chi connectivity index (χ0v) is 12.9. The molecule has 5 heteroatoms. The number of nitrogens with zero attached hydrogens (tertiary/aromatic N) is 1. The van der Waals surface area contributed by atoms with E-state index in [0.717, 1.165) is 30.6 Å². The van der Waals surface area contributed by atoms with Crippen molar-refractivity contribution in [2.75, 3.05) is 13.6 Å². The van der Waals surface area contributed by atoms with E-state index in [-0.39, 0.29) is 6.04 Å². The van der Waals surface area contributed by atoms with Crippen molar-refractivity contribution >= 4 is 23.2 Å². The molecule has 0 spiro atoms. The molecule has 1 atom stereocenters. The van der Waals surface area contributed by atoms with Crippen molar-refractivity contribution < 1.29 is 4.42 Å². The first-order valence-corrected chi connectivity index (χ1v) is 7.22. The first-order chi connectivity index (χ1) is 9.58. The molecule has 108 valence electrons. The van der Waals surface area contributed by atoms with Crippen LogP contribution < -0.4 is 5.73 Å². The second kappa shape index (κ2) is 7.14. The van der Waals surface area contributed by atoms with E-state index in [1.807, 2.05) is 18.2 Å². The SMILES string of the molecule is CN(CCC(N)c1cccc(Cl)c1Cl)Cc1ccoc1. The van der Waals surface area contributed by atoms with Gasteiger partial charge in [-0.2, -0.15) is 0 Å². The predicted octanol–water partition coefficient (Wildman–Crippen LogP) is 4.11. The summed E-state index contributed by atoms with van der Waals surface area (Å²) in [5.41, 5.74) is 8.25. The van der Waals surface area contributed by atoms with Gasteiger partial charge in [0.2, 0.25) is 0 Å². The molecule has 2 rings (SSSR count). The third-order valence-electron chi connectivity index (χ3n) is 3.24. The number of hydrogen-bond acceptors (Lipinski definition) is 3. The normalized spacial score (nSPS) is 12.8. The van der Waals surface area contributed by atoms with Crippen molar-refractivity contribution in [3.05, 3.63) is 58.0 Å². The predicted molar refractivity (Wildman–Crippen MR) is 83.0 cm³/mol. The topological polar surface area (TPSA) is 42.4 Å². The summed E-state index contributed by atoms with van der Waals surface area (Å²) in [7, 11) is 2.05. The number of benzene rings is 1. The smallest absolute Gasteiger partial charge is 0.0947 e. The van der Waals surface area contributed by atoms with Crippen LogP contribution in [0.25, 0.3) is 0 Å². The van der Waals surface area contributed by atoms with Gasteiger partial charge in [-0.3, -0.25) is 0 Å². The van der Waals surface area contributed by atoms with E-state index in [4.69, 9.17) is 33.4 Å². The van der Waals surface area contributed by atoms with Crippen LogP contribution in [-0.2, 0) is 6.54 Å². The monoisotopic (exact) mass is 312 g/mol. The molecule has 0 aliphatic rings.